The maximum absolute atomic E-state index is 11.8. The van der Waals surface area contributed by atoms with E-state index in [2.05, 4.69) is 5.32 Å². The summed E-state index contributed by atoms with van der Waals surface area (Å²) in [5.41, 5.74) is 0.546. The summed E-state index contributed by atoms with van der Waals surface area (Å²) >= 11 is 0. The molecule has 0 radical (unpaired) electrons. The number of benzene rings is 1. The third-order valence-electron chi connectivity index (χ3n) is 3.17. The molecule has 0 bridgehead atoms. The van der Waals surface area contributed by atoms with Crippen molar-refractivity contribution in [1.29, 1.82) is 0 Å². The summed E-state index contributed by atoms with van der Waals surface area (Å²) in [6.45, 7) is 3.18. The van der Waals surface area contributed by atoms with Gasteiger partial charge in [-0.3, -0.25) is 9.59 Å². The Morgan fingerprint density at radius 2 is 2.00 bits per heavy atom. The van der Waals surface area contributed by atoms with Gasteiger partial charge in [-0.05, 0) is 44.9 Å². The fourth-order valence-electron chi connectivity index (χ4n) is 1.77. The second kappa shape index (κ2) is 5.94. The van der Waals surface area contributed by atoms with Crippen LogP contribution in [0.1, 0.15) is 37.0 Å². The van der Waals surface area contributed by atoms with Crippen LogP contribution >= 0.6 is 0 Å². The number of ether oxygens (including phenoxy) is 2. The zero-order valence-corrected chi connectivity index (χ0v) is 11.9. The van der Waals surface area contributed by atoms with Crippen molar-refractivity contribution in [3.05, 3.63) is 23.8 Å². The number of carbonyl (C=O) groups is 2. The van der Waals surface area contributed by atoms with Crippen LogP contribution in [0.4, 0.5) is 0 Å². The molecule has 1 aliphatic carbocycles. The molecule has 1 aliphatic rings. The van der Waals surface area contributed by atoms with Crippen molar-refractivity contribution in [3.63, 3.8) is 0 Å². The Hall–Kier alpha value is -2.04. The van der Waals surface area contributed by atoms with E-state index in [9.17, 15) is 9.59 Å². The van der Waals surface area contributed by atoms with E-state index in [1.54, 1.807) is 25.1 Å². The molecule has 1 fully saturated rings. The van der Waals surface area contributed by atoms with Crippen LogP contribution in [0.5, 0.6) is 11.5 Å². The zero-order valence-electron chi connectivity index (χ0n) is 11.9. The van der Waals surface area contributed by atoms with Gasteiger partial charge in [-0.1, -0.05) is 0 Å². The van der Waals surface area contributed by atoms with Crippen LogP contribution in [0.2, 0.25) is 0 Å². The van der Waals surface area contributed by atoms with Crippen LogP contribution in [-0.4, -0.2) is 30.9 Å². The highest BCUT2D eigenvalue weighted by molar-refractivity contribution is 5.94. The molecule has 1 unspecified atom stereocenters. The predicted octanol–water partition coefficient (Wildman–Crippen LogP) is 1.94. The van der Waals surface area contributed by atoms with Crippen molar-refractivity contribution in [1.82, 2.24) is 5.32 Å². The quantitative estimate of drug-likeness (QED) is 0.807. The van der Waals surface area contributed by atoms with E-state index in [-0.39, 0.29) is 11.7 Å². The molecule has 5 heteroatoms. The number of hydrogen-bond acceptors (Lipinski definition) is 4. The molecule has 1 saturated carbocycles. The molecule has 1 aromatic carbocycles. The van der Waals surface area contributed by atoms with Crippen molar-refractivity contribution >= 4 is 11.7 Å². The molecule has 5 nitrogen and oxygen atoms in total. The molecule has 1 atom stereocenters. The molecule has 0 aromatic heterocycles. The Morgan fingerprint density at radius 1 is 1.30 bits per heavy atom. The first-order valence-electron chi connectivity index (χ1n) is 6.67. The number of nitrogens with one attached hydrogen (secondary N) is 1. The molecular weight excluding hydrogens is 258 g/mol. The lowest BCUT2D eigenvalue weighted by Crippen LogP contribution is -2.37. The molecule has 0 spiro atoms. The largest absolute Gasteiger partial charge is 0.493 e. The standard InChI is InChI=1S/C15H19NO4/c1-9(17)11-4-7-13(14(8-11)19-3)20-10(2)15(18)16-12-5-6-12/h4,7-8,10,12H,5-6H2,1-3H3,(H,16,18). The van der Waals surface area contributed by atoms with E-state index in [4.69, 9.17) is 9.47 Å². The van der Waals surface area contributed by atoms with Crippen LogP contribution in [-0.2, 0) is 4.79 Å². The van der Waals surface area contributed by atoms with E-state index in [1.165, 1.54) is 14.0 Å². The molecule has 1 amide bonds. The molecular formula is C15H19NO4. The van der Waals surface area contributed by atoms with Gasteiger partial charge in [-0.2, -0.15) is 0 Å². The molecule has 0 heterocycles. The lowest BCUT2D eigenvalue weighted by molar-refractivity contribution is -0.127. The van der Waals surface area contributed by atoms with Gasteiger partial charge in [0.2, 0.25) is 0 Å². The van der Waals surface area contributed by atoms with Crippen LogP contribution in [0.25, 0.3) is 0 Å². The van der Waals surface area contributed by atoms with E-state index >= 15 is 0 Å². The first-order valence-corrected chi connectivity index (χ1v) is 6.67. The molecule has 0 aliphatic heterocycles. The maximum Gasteiger partial charge on any atom is 0.260 e. The average molecular weight is 277 g/mol. The summed E-state index contributed by atoms with van der Waals surface area (Å²) in [7, 11) is 1.50. The topological polar surface area (TPSA) is 64.6 Å². The van der Waals surface area contributed by atoms with Crippen LogP contribution < -0.4 is 14.8 Å². The fourth-order valence-corrected chi connectivity index (χ4v) is 1.77. The van der Waals surface area contributed by atoms with E-state index in [0.717, 1.165) is 12.8 Å². The van der Waals surface area contributed by atoms with Gasteiger partial charge < -0.3 is 14.8 Å². The highest BCUT2D eigenvalue weighted by Gasteiger charge is 2.26. The van der Waals surface area contributed by atoms with Crippen LogP contribution in [0, 0.1) is 0 Å². The lowest BCUT2D eigenvalue weighted by Gasteiger charge is -2.17. The number of rotatable bonds is 6. The Bertz CT molecular complexity index is 523. The summed E-state index contributed by atoms with van der Waals surface area (Å²) < 4.78 is 10.8. The minimum absolute atomic E-state index is 0.0469. The predicted molar refractivity (Wildman–Crippen MR) is 74.3 cm³/mol. The molecule has 108 valence electrons. The monoisotopic (exact) mass is 277 g/mol. The van der Waals surface area contributed by atoms with E-state index in [0.29, 0.717) is 23.1 Å². The van der Waals surface area contributed by atoms with Gasteiger partial charge in [0.05, 0.1) is 7.11 Å². The highest BCUT2D eigenvalue weighted by Crippen LogP contribution is 2.29. The van der Waals surface area contributed by atoms with E-state index < -0.39 is 6.10 Å². The van der Waals surface area contributed by atoms with Crippen molar-refractivity contribution in [2.45, 2.75) is 38.8 Å². The minimum atomic E-state index is -0.604. The van der Waals surface area contributed by atoms with Gasteiger partial charge in [-0.25, -0.2) is 0 Å². The Kier molecular flexibility index (Phi) is 4.27. The Labute approximate surface area is 118 Å². The normalized spacial score (nSPS) is 15.3. The zero-order chi connectivity index (χ0) is 14.7. The van der Waals surface area contributed by atoms with Gasteiger partial charge in [0.15, 0.2) is 23.4 Å². The molecule has 1 N–H and O–H groups in total. The highest BCUT2D eigenvalue weighted by atomic mass is 16.5. The number of methoxy groups -OCH3 is 1. The van der Waals surface area contributed by atoms with E-state index in [1.807, 2.05) is 0 Å². The minimum Gasteiger partial charge on any atom is -0.493 e. The number of Topliss-reactive ketones (excluding diaryl/α,β-unsaturated/α-hetero) is 1. The summed E-state index contributed by atoms with van der Waals surface area (Å²) in [5, 5.41) is 2.88. The van der Waals surface area contributed by atoms with Gasteiger partial charge in [0, 0.05) is 11.6 Å². The number of hydrogen-bond donors (Lipinski definition) is 1. The summed E-state index contributed by atoms with van der Waals surface area (Å²) in [6, 6.07) is 5.22. The second-order valence-corrected chi connectivity index (χ2v) is 4.96. The number of carbonyl (C=O) groups excluding carboxylic acids is 2. The Morgan fingerprint density at radius 3 is 2.55 bits per heavy atom. The SMILES string of the molecule is COc1cc(C(C)=O)ccc1OC(C)C(=O)NC1CC1. The third-order valence-corrected chi connectivity index (χ3v) is 3.17. The number of ketones is 1. The Balaban J connectivity index is 2.07. The average Bonchev–Trinajstić information content (AvgIpc) is 3.22. The summed E-state index contributed by atoms with van der Waals surface area (Å²) in [5.74, 6) is 0.722. The van der Waals surface area contributed by atoms with Gasteiger partial charge in [0.25, 0.3) is 5.91 Å². The lowest BCUT2D eigenvalue weighted by atomic mass is 10.1. The van der Waals surface area contributed by atoms with Crippen LogP contribution in [0.3, 0.4) is 0 Å². The first kappa shape index (κ1) is 14.4. The van der Waals surface area contributed by atoms with Crippen molar-refractivity contribution in [3.8, 4) is 11.5 Å². The second-order valence-electron chi connectivity index (χ2n) is 4.96. The molecule has 20 heavy (non-hydrogen) atoms. The maximum atomic E-state index is 11.8. The fraction of sp³-hybridized carbons (Fsp3) is 0.467. The van der Waals surface area contributed by atoms with Gasteiger partial charge in [-0.15, -0.1) is 0 Å². The van der Waals surface area contributed by atoms with Crippen molar-refractivity contribution < 1.29 is 19.1 Å². The molecule has 0 saturated heterocycles. The van der Waals surface area contributed by atoms with Crippen molar-refractivity contribution in [2.75, 3.05) is 7.11 Å². The summed E-state index contributed by atoms with van der Waals surface area (Å²) in [6.07, 6.45) is 1.47. The number of amides is 1. The van der Waals surface area contributed by atoms with Gasteiger partial charge in [0.1, 0.15) is 0 Å². The van der Waals surface area contributed by atoms with Crippen LogP contribution in [0.15, 0.2) is 18.2 Å². The van der Waals surface area contributed by atoms with Crippen molar-refractivity contribution in [2.24, 2.45) is 0 Å². The molecule has 2 rings (SSSR count). The summed E-state index contributed by atoms with van der Waals surface area (Å²) in [4.78, 5) is 23.2. The molecule has 1 aromatic rings. The smallest absolute Gasteiger partial charge is 0.260 e. The van der Waals surface area contributed by atoms with Gasteiger partial charge >= 0.3 is 0 Å². The first-order chi connectivity index (χ1) is 9.51. The third kappa shape index (κ3) is 3.50.